The molecule has 17 heavy (non-hydrogen) atoms. The van der Waals surface area contributed by atoms with Gasteiger partial charge in [0.1, 0.15) is 0 Å². The first-order valence-electron chi connectivity index (χ1n) is 6.38. The van der Waals surface area contributed by atoms with Crippen LogP contribution >= 0.6 is 15.9 Å². The normalized spacial score (nSPS) is 17.5. The van der Waals surface area contributed by atoms with Crippen molar-refractivity contribution in [3.8, 4) is 0 Å². The second-order valence-electron chi connectivity index (χ2n) is 4.84. The summed E-state index contributed by atoms with van der Waals surface area (Å²) in [5, 5.41) is 2.66. The molecule has 0 saturated heterocycles. The van der Waals surface area contributed by atoms with Gasteiger partial charge in [0.2, 0.25) is 0 Å². The Balaban J connectivity index is 2.01. The number of hydrogen-bond donors (Lipinski definition) is 0. The van der Waals surface area contributed by atoms with Crippen LogP contribution in [0.25, 0.3) is 10.8 Å². The zero-order valence-corrected chi connectivity index (χ0v) is 11.5. The minimum absolute atomic E-state index is 1.19. The summed E-state index contributed by atoms with van der Waals surface area (Å²) in [6, 6.07) is 13.3. The van der Waals surface area contributed by atoms with Gasteiger partial charge in [0.25, 0.3) is 0 Å². The van der Waals surface area contributed by atoms with Gasteiger partial charge >= 0.3 is 0 Å². The maximum absolute atomic E-state index is 3.61. The minimum atomic E-state index is 1.19. The Bertz CT molecular complexity index is 524. The van der Waals surface area contributed by atoms with Gasteiger partial charge < -0.3 is 0 Å². The van der Waals surface area contributed by atoms with Gasteiger partial charge in [-0.2, -0.15) is 0 Å². The van der Waals surface area contributed by atoms with Gasteiger partial charge in [-0.05, 0) is 35.2 Å². The van der Waals surface area contributed by atoms with Crippen LogP contribution in [0.3, 0.4) is 0 Å². The molecule has 0 heterocycles. The van der Waals surface area contributed by atoms with Crippen molar-refractivity contribution in [2.75, 3.05) is 0 Å². The van der Waals surface area contributed by atoms with Crippen molar-refractivity contribution < 1.29 is 0 Å². The SMILES string of the molecule is Brc1cccc2cc([C]3CCCCC3)ccc12. The molecule has 1 radical (unpaired) electrons. The molecule has 1 fully saturated rings. The van der Waals surface area contributed by atoms with Crippen LogP contribution in [0.5, 0.6) is 0 Å². The molecule has 0 nitrogen and oxygen atoms in total. The fourth-order valence-corrected chi connectivity index (χ4v) is 3.25. The van der Waals surface area contributed by atoms with Crippen LogP contribution in [0.4, 0.5) is 0 Å². The molecule has 0 aromatic heterocycles. The Labute approximate surface area is 111 Å². The number of benzene rings is 2. The maximum Gasteiger partial charge on any atom is 0.0253 e. The molecule has 1 saturated carbocycles. The van der Waals surface area contributed by atoms with Gasteiger partial charge in [-0.25, -0.2) is 0 Å². The fourth-order valence-electron chi connectivity index (χ4n) is 2.73. The highest BCUT2D eigenvalue weighted by atomic mass is 79.9. The quantitative estimate of drug-likeness (QED) is 0.651. The number of hydrogen-bond acceptors (Lipinski definition) is 0. The smallest absolute Gasteiger partial charge is 0.0253 e. The lowest BCUT2D eigenvalue weighted by molar-refractivity contribution is 0.551. The summed E-state index contributed by atoms with van der Waals surface area (Å²) in [5.41, 5.74) is 1.45. The monoisotopic (exact) mass is 287 g/mol. The van der Waals surface area contributed by atoms with E-state index in [1.165, 1.54) is 52.9 Å². The third-order valence-electron chi connectivity index (χ3n) is 3.69. The van der Waals surface area contributed by atoms with Gasteiger partial charge in [-0.15, -0.1) is 0 Å². The van der Waals surface area contributed by atoms with E-state index in [0.717, 1.165) is 0 Å². The summed E-state index contributed by atoms with van der Waals surface area (Å²) in [7, 11) is 0. The third kappa shape index (κ3) is 2.26. The van der Waals surface area contributed by atoms with Crippen LogP contribution < -0.4 is 0 Å². The first-order chi connectivity index (χ1) is 8.34. The van der Waals surface area contributed by atoms with Gasteiger partial charge in [0, 0.05) is 10.4 Å². The summed E-state index contributed by atoms with van der Waals surface area (Å²) in [5.74, 6) is 1.65. The van der Waals surface area contributed by atoms with Crippen molar-refractivity contribution in [1.82, 2.24) is 0 Å². The van der Waals surface area contributed by atoms with Crippen molar-refractivity contribution in [2.45, 2.75) is 32.1 Å². The Morgan fingerprint density at radius 2 is 1.71 bits per heavy atom. The van der Waals surface area contributed by atoms with Crippen molar-refractivity contribution in [3.63, 3.8) is 0 Å². The van der Waals surface area contributed by atoms with E-state index in [0.29, 0.717) is 0 Å². The molecule has 87 valence electrons. The van der Waals surface area contributed by atoms with Crippen LogP contribution in [0, 0.1) is 5.92 Å². The van der Waals surface area contributed by atoms with E-state index in [9.17, 15) is 0 Å². The highest BCUT2D eigenvalue weighted by Gasteiger charge is 2.16. The highest BCUT2D eigenvalue weighted by molar-refractivity contribution is 9.10. The topological polar surface area (TPSA) is 0 Å². The number of rotatable bonds is 1. The number of fused-ring (bicyclic) bond motifs is 1. The summed E-state index contributed by atoms with van der Waals surface area (Å²) < 4.78 is 1.19. The average Bonchev–Trinajstić information content (AvgIpc) is 2.40. The van der Waals surface area contributed by atoms with E-state index in [1.807, 2.05) is 0 Å². The van der Waals surface area contributed by atoms with Crippen molar-refractivity contribution >= 4 is 26.7 Å². The summed E-state index contributed by atoms with van der Waals surface area (Å²) in [6.07, 6.45) is 6.72. The molecule has 1 aliphatic rings. The lowest BCUT2D eigenvalue weighted by Crippen LogP contribution is -2.05. The zero-order valence-electron chi connectivity index (χ0n) is 9.88. The van der Waals surface area contributed by atoms with Crippen LogP contribution in [-0.2, 0) is 0 Å². The molecular formula is C16H16Br. The fraction of sp³-hybridized carbons (Fsp3) is 0.312. The molecule has 0 atom stereocenters. The van der Waals surface area contributed by atoms with E-state index in [1.54, 1.807) is 5.92 Å². The molecule has 3 rings (SSSR count). The van der Waals surface area contributed by atoms with E-state index in [2.05, 4.69) is 52.3 Å². The number of halogens is 1. The maximum atomic E-state index is 3.61. The van der Waals surface area contributed by atoms with Gasteiger partial charge in [0.15, 0.2) is 0 Å². The van der Waals surface area contributed by atoms with Gasteiger partial charge in [-0.3, -0.25) is 0 Å². The third-order valence-corrected chi connectivity index (χ3v) is 4.38. The molecule has 2 aromatic carbocycles. The average molecular weight is 288 g/mol. The summed E-state index contributed by atoms with van der Waals surface area (Å²) >= 11 is 3.61. The van der Waals surface area contributed by atoms with Crippen LogP contribution in [0.15, 0.2) is 40.9 Å². The Hall–Kier alpha value is -0.820. The van der Waals surface area contributed by atoms with Gasteiger partial charge in [-0.1, -0.05) is 65.5 Å². The molecule has 2 aromatic rings. The van der Waals surface area contributed by atoms with Gasteiger partial charge in [0.05, 0.1) is 0 Å². The molecular weight excluding hydrogens is 272 g/mol. The molecule has 0 amide bonds. The first-order valence-corrected chi connectivity index (χ1v) is 7.17. The van der Waals surface area contributed by atoms with E-state index in [-0.39, 0.29) is 0 Å². The standard InChI is InChI=1S/C16H16Br/c17-16-8-4-7-14-11-13(9-10-15(14)16)12-5-2-1-3-6-12/h4,7-11H,1-3,5-6H2. The van der Waals surface area contributed by atoms with Crippen LogP contribution in [-0.4, -0.2) is 0 Å². The minimum Gasteiger partial charge on any atom is -0.0605 e. The van der Waals surface area contributed by atoms with Crippen molar-refractivity contribution in [2.24, 2.45) is 0 Å². The van der Waals surface area contributed by atoms with Crippen molar-refractivity contribution in [1.29, 1.82) is 0 Å². The lowest BCUT2D eigenvalue weighted by Gasteiger charge is -2.21. The zero-order chi connectivity index (χ0) is 11.7. The Morgan fingerprint density at radius 3 is 2.53 bits per heavy atom. The van der Waals surface area contributed by atoms with E-state index < -0.39 is 0 Å². The van der Waals surface area contributed by atoms with E-state index >= 15 is 0 Å². The van der Waals surface area contributed by atoms with Crippen molar-refractivity contribution in [3.05, 3.63) is 52.4 Å². The Kier molecular flexibility index (Phi) is 3.19. The molecule has 0 unspecified atom stereocenters. The predicted octanol–water partition coefficient (Wildman–Crippen LogP) is 5.49. The lowest BCUT2D eigenvalue weighted by atomic mass is 9.83. The summed E-state index contributed by atoms with van der Waals surface area (Å²) in [4.78, 5) is 0. The highest BCUT2D eigenvalue weighted by Crippen LogP contribution is 2.34. The second-order valence-corrected chi connectivity index (χ2v) is 5.69. The largest absolute Gasteiger partial charge is 0.0605 e. The molecule has 0 spiro atoms. The molecule has 0 aliphatic heterocycles. The molecule has 0 bridgehead atoms. The van der Waals surface area contributed by atoms with Crippen LogP contribution in [0.2, 0.25) is 0 Å². The first kappa shape index (κ1) is 11.3. The molecule has 0 N–H and O–H groups in total. The molecule has 1 heteroatoms. The predicted molar refractivity (Wildman–Crippen MR) is 77.1 cm³/mol. The summed E-state index contributed by atoms with van der Waals surface area (Å²) in [6.45, 7) is 0. The van der Waals surface area contributed by atoms with Crippen LogP contribution in [0.1, 0.15) is 37.7 Å². The van der Waals surface area contributed by atoms with E-state index in [4.69, 9.17) is 0 Å². The Morgan fingerprint density at radius 1 is 0.882 bits per heavy atom. The second kappa shape index (κ2) is 4.81. The molecule has 1 aliphatic carbocycles.